The lowest BCUT2D eigenvalue weighted by Crippen LogP contribution is -2.49. The molecule has 0 unspecified atom stereocenters. The molecule has 150 valence electrons. The van der Waals surface area contributed by atoms with Gasteiger partial charge in [-0.15, -0.1) is 0 Å². The Kier molecular flexibility index (Phi) is 6.10. The molecule has 1 fully saturated rings. The van der Waals surface area contributed by atoms with Crippen LogP contribution in [-0.2, 0) is 19.6 Å². The molecule has 0 spiro atoms. The van der Waals surface area contributed by atoms with Crippen LogP contribution >= 0.6 is 0 Å². The van der Waals surface area contributed by atoms with E-state index in [1.807, 2.05) is 4.90 Å². The molecule has 3 rings (SSSR count). The van der Waals surface area contributed by atoms with E-state index in [1.54, 1.807) is 17.0 Å². The predicted octanol–water partition coefficient (Wildman–Crippen LogP) is 1.32. The molecule has 10 heteroatoms. The summed E-state index contributed by atoms with van der Waals surface area (Å²) in [6.07, 6.45) is 1.43. The quantitative estimate of drug-likeness (QED) is 0.775. The van der Waals surface area contributed by atoms with Crippen molar-refractivity contribution in [2.75, 3.05) is 49.5 Å². The number of aromatic nitrogens is 1. The van der Waals surface area contributed by atoms with Gasteiger partial charge in [0, 0.05) is 33.3 Å². The lowest BCUT2D eigenvalue weighted by molar-refractivity contribution is -0.135. The molecule has 1 amide bonds. The summed E-state index contributed by atoms with van der Waals surface area (Å²) in [5.74, 6) is 0.151. The van der Waals surface area contributed by atoms with Crippen molar-refractivity contribution in [3.8, 4) is 0 Å². The molecule has 0 bridgehead atoms. The van der Waals surface area contributed by atoms with Gasteiger partial charge in [0.05, 0.1) is 16.8 Å². The number of pyridine rings is 1. The highest BCUT2D eigenvalue weighted by Gasteiger charge is 2.22. The second kappa shape index (κ2) is 8.53. The van der Waals surface area contributed by atoms with Crippen LogP contribution in [0.15, 0.2) is 47.5 Å². The summed E-state index contributed by atoms with van der Waals surface area (Å²) in [4.78, 5) is 19.9. The van der Waals surface area contributed by atoms with Crippen LogP contribution in [0.2, 0.25) is 0 Å². The number of amides is 1. The minimum Gasteiger partial charge on any atom is -0.375 e. The summed E-state index contributed by atoms with van der Waals surface area (Å²) in [6, 6.07) is 7.91. The summed E-state index contributed by atoms with van der Waals surface area (Å²) in [7, 11) is -2.33. The van der Waals surface area contributed by atoms with Crippen molar-refractivity contribution in [3.63, 3.8) is 0 Å². The van der Waals surface area contributed by atoms with Gasteiger partial charge < -0.3 is 14.5 Å². The monoisotopic (exact) mass is 408 g/mol. The second-order valence-electron chi connectivity index (χ2n) is 6.27. The zero-order chi connectivity index (χ0) is 20.1. The number of rotatable bonds is 6. The van der Waals surface area contributed by atoms with Gasteiger partial charge in [-0.1, -0.05) is 0 Å². The summed E-state index contributed by atoms with van der Waals surface area (Å²) in [5.41, 5.74) is 0.307. The zero-order valence-corrected chi connectivity index (χ0v) is 16.2. The molecule has 0 atom stereocenters. The first-order valence-electron chi connectivity index (χ1n) is 8.65. The molecule has 2 aromatic rings. The van der Waals surface area contributed by atoms with Crippen LogP contribution in [0.1, 0.15) is 0 Å². The highest BCUT2D eigenvalue weighted by atomic mass is 32.2. The number of nitrogens with one attached hydrogen (secondary N) is 1. The summed E-state index contributed by atoms with van der Waals surface area (Å²) in [6.45, 7) is 2.47. The van der Waals surface area contributed by atoms with Gasteiger partial charge in [-0.25, -0.2) is 17.8 Å². The number of carbonyl (C=O) groups excluding carboxylic acids is 1. The van der Waals surface area contributed by atoms with Gasteiger partial charge in [-0.3, -0.25) is 9.52 Å². The van der Waals surface area contributed by atoms with Gasteiger partial charge in [0.2, 0.25) is 5.91 Å². The number of methoxy groups -OCH3 is 1. The van der Waals surface area contributed by atoms with Gasteiger partial charge in [-0.2, -0.15) is 0 Å². The molecule has 8 nitrogen and oxygen atoms in total. The molecule has 1 N–H and O–H groups in total. The van der Waals surface area contributed by atoms with E-state index in [-0.39, 0.29) is 17.4 Å². The molecule has 0 saturated carbocycles. The van der Waals surface area contributed by atoms with E-state index in [0.717, 1.165) is 12.1 Å². The standard InChI is InChI=1S/C18H21FN4O4S/c1-27-13-18(24)23-10-8-22(9-11-23)17-7-4-15(12-20-17)21-28(25,26)16-5-2-14(19)3-6-16/h2-7,12,21H,8-11,13H2,1H3. The van der Waals surface area contributed by atoms with Crippen LogP contribution in [0, 0.1) is 5.82 Å². The number of hydrogen-bond acceptors (Lipinski definition) is 6. The number of ether oxygens (including phenoxy) is 1. The van der Waals surface area contributed by atoms with Crippen LogP contribution in [0.3, 0.4) is 0 Å². The van der Waals surface area contributed by atoms with Crippen LogP contribution < -0.4 is 9.62 Å². The van der Waals surface area contributed by atoms with Crippen molar-refractivity contribution >= 4 is 27.4 Å². The molecular weight excluding hydrogens is 387 g/mol. The molecular formula is C18H21FN4O4S. The van der Waals surface area contributed by atoms with Crippen LogP contribution in [-0.4, -0.2) is 64.1 Å². The van der Waals surface area contributed by atoms with Crippen LogP contribution in [0.25, 0.3) is 0 Å². The zero-order valence-electron chi connectivity index (χ0n) is 15.3. The van der Waals surface area contributed by atoms with Gasteiger partial charge >= 0.3 is 0 Å². The molecule has 1 aromatic heterocycles. The van der Waals surface area contributed by atoms with E-state index in [9.17, 15) is 17.6 Å². The third-order valence-electron chi connectivity index (χ3n) is 4.35. The van der Waals surface area contributed by atoms with Gasteiger partial charge in [0.1, 0.15) is 18.2 Å². The minimum atomic E-state index is -3.82. The number of benzene rings is 1. The Morgan fingerprint density at radius 2 is 1.82 bits per heavy atom. The largest absolute Gasteiger partial charge is 0.375 e. The number of piperazine rings is 1. The number of carbonyl (C=O) groups is 1. The number of anilines is 2. The van der Waals surface area contributed by atoms with E-state index < -0.39 is 15.8 Å². The third kappa shape index (κ3) is 4.76. The Bertz CT molecular complexity index is 912. The molecule has 1 aliphatic rings. The first-order valence-corrected chi connectivity index (χ1v) is 10.1. The first-order chi connectivity index (χ1) is 13.4. The molecule has 1 aliphatic heterocycles. The maximum absolute atomic E-state index is 13.0. The molecule has 0 radical (unpaired) electrons. The number of sulfonamides is 1. The average molecular weight is 408 g/mol. The smallest absolute Gasteiger partial charge is 0.261 e. The third-order valence-corrected chi connectivity index (χ3v) is 5.75. The van der Waals surface area contributed by atoms with Crippen molar-refractivity contribution in [1.29, 1.82) is 0 Å². The fourth-order valence-electron chi connectivity index (χ4n) is 2.86. The lowest BCUT2D eigenvalue weighted by Gasteiger charge is -2.35. The van der Waals surface area contributed by atoms with Crippen molar-refractivity contribution in [1.82, 2.24) is 9.88 Å². The second-order valence-corrected chi connectivity index (χ2v) is 7.95. The highest BCUT2D eigenvalue weighted by Crippen LogP contribution is 2.19. The Morgan fingerprint density at radius 1 is 1.14 bits per heavy atom. The fraction of sp³-hybridized carbons (Fsp3) is 0.333. The van der Waals surface area contributed by atoms with Crippen molar-refractivity contribution in [2.24, 2.45) is 0 Å². The molecule has 2 heterocycles. The molecule has 1 saturated heterocycles. The maximum atomic E-state index is 13.0. The first kappa shape index (κ1) is 20.0. The van der Waals surface area contributed by atoms with Gasteiger partial charge in [0.15, 0.2) is 0 Å². The van der Waals surface area contributed by atoms with E-state index in [4.69, 9.17) is 4.74 Å². The van der Waals surface area contributed by atoms with E-state index in [1.165, 1.54) is 25.4 Å². The Labute approximate surface area is 163 Å². The summed E-state index contributed by atoms with van der Waals surface area (Å²) < 4.78 is 44.9. The Morgan fingerprint density at radius 3 is 2.39 bits per heavy atom. The number of halogens is 1. The summed E-state index contributed by atoms with van der Waals surface area (Å²) >= 11 is 0. The minimum absolute atomic E-state index is 0.0326. The van der Waals surface area contributed by atoms with Crippen molar-refractivity contribution in [3.05, 3.63) is 48.4 Å². The number of hydrogen-bond donors (Lipinski definition) is 1. The molecule has 0 aliphatic carbocycles. The Hall–Kier alpha value is -2.72. The fourth-order valence-corrected chi connectivity index (χ4v) is 3.90. The lowest BCUT2D eigenvalue weighted by atomic mass is 10.3. The topological polar surface area (TPSA) is 91.8 Å². The Balaban J connectivity index is 1.61. The molecule has 28 heavy (non-hydrogen) atoms. The normalized spacial score (nSPS) is 14.8. The summed E-state index contributed by atoms with van der Waals surface area (Å²) in [5, 5.41) is 0. The van der Waals surface area contributed by atoms with Gasteiger partial charge in [0.25, 0.3) is 10.0 Å². The number of nitrogens with zero attached hydrogens (tertiary/aromatic N) is 3. The van der Waals surface area contributed by atoms with Crippen molar-refractivity contribution < 1.29 is 22.3 Å². The predicted molar refractivity (Wildman–Crippen MR) is 102 cm³/mol. The van der Waals surface area contributed by atoms with E-state index in [0.29, 0.717) is 37.7 Å². The van der Waals surface area contributed by atoms with Crippen LogP contribution in [0.5, 0.6) is 0 Å². The van der Waals surface area contributed by atoms with Crippen molar-refractivity contribution in [2.45, 2.75) is 4.90 Å². The van der Waals surface area contributed by atoms with Crippen LogP contribution in [0.4, 0.5) is 15.9 Å². The SMILES string of the molecule is COCC(=O)N1CCN(c2ccc(NS(=O)(=O)c3ccc(F)cc3)cn2)CC1. The highest BCUT2D eigenvalue weighted by molar-refractivity contribution is 7.92. The average Bonchev–Trinajstić information content (AvgIpc) is 2.69. The maximum Gasteiger partial charge on any atom is 0.261 e. The van der Waals surface area contributed by atoms with Gasteiger partial charge in [-0.05, 0) is 36.4 Å². The van der Waals surface area contributed by atoms with E-state index in [2.05, 4.69) is 9.71 Å². The van der Waals surface area contributed by atoms with E-state index >= 15 is 0 Å². The molecule has 1 aromatic carbocycles.